The summed E-state index contributed by atoms with van der Waals surface area (Å²) in [7, 11) is 0. The summed E-state index contributed by atoms with van der Waals surface area (Å²) < 4.78 is 5.19. The lowest BCUT2D eigenvalue weighted by Crippen LogP contribution is -2.19. The van der Waals surface area contributed by atoms with Gasteiger partial charge >= 0.3 is 5.97 Å². The minimum Gasteiger partial charge on any atom is -0.465 e. The second-order valence-corrected chi connectivity index (χ2v) is 6.12. The number of hydrogen-bond acceptors (Lipinski definition) is 4. The minimum absolute atomic E-state index is 0.171. The highest BCUT2D eigenvalue weighted by Gasteiger charge is 2.15. The van der Waals surface area contributed by atoms with E-state index in [4.69, 9.17) is 10.00 Å². The van der Waals surface area contributed by atoms with Crippen LogP contribution in [0.15, 0.2) is 24.3 Å². The zero-order valence-corrected chi connectivity index (χ0v) is 12.4. The number of esters is 1. The summed E-state index contributed by atoms with van der Waals surface area (Å²) in [6.45, 7) is 6.34. The maximum atomic E-state index is 11.7. The third kappa shape index (κ3) is 5.80. The van der Waals surface area contributed by atoms with Crippen LogP contribution < -0.4 is 0 Å². The van der Waals surface area contributed by atoms with E-state index in [0.29, 0.717) is 23.8 Å². The molecule has 0 N–H and O–H groups in total. The van der Waals surface area contributed by atoms with E-state index in [9.17, 15) is 4.79 Å². The molecule has 102 valence electrons. The summed E-state index contributed by atoms with van der Waals surface area (Å²) >= 11 is 1.52. The molecule has 0 aromatic heterocycles. The van der Waals surface area contributed by atoms with Gasteiger partial charge in [-0.1, -0.05) is 26.0 Å². The van der Waals surface area contributed by atoms with E-state index in [1.54, 1.807) is 6.07 Å². The highest BCUT2D eigenvalue weighted by molar-refractivity contribution is 7.99. The van der Waals surface area contributed by atoms with Crippen LogP contribution in [0.5, 0.6) is 0 Å². The highest BCUT2D eigenvalue weighted by atomic mass is 32.2. The van der Waals surface area contributed by atoms with Crippen molar-refractivity contribution in [1.82, 2.24) is 0 Å². The first-order chi connectivity index (χ1) is 9.02. The van der Waals surface area contributed by atoms with Gasteiger partial charge in [-0.15, -0.1) is 11.8 Å². The molecule has 0 aliphatic rings. The molecule has 0 saturated heterocycles. The maximum absolute atomic E-state index is 11.7. The van der Waals surface area contributed by atoms with E-state index >= 15 is 0 Å². The Morgan fingerprint density at radius 1 is 1.42 bits per heavy atom. The standard InChI is InChI=1S/C15H19NO2S/c1-11(2)9-18-15(17)12(3)19-10-14-6-4-5-13(7-14)8-16/h4-7,11-12H,9-10H2,1-3H3. The molecule has 1 atom stereocenters. The molecule has 0 spiro atoms. The van der Waals surface area contributed by atoms with Crippen LogP contribution in [0.4, 0.5) is 0 Å². The number of rotatable bonds is 6. The molecule has 0 radical (unpaired) electrons. The average Bonchev–Trinajstić information content (AvgIpc) is 2.42. The van der Waals surface area contributed by atoms with Crippen LogP contribution in [-0.2, 0) is 15.3 Å². The second kappa shape index (κ2) is 7.85. The number of carbonyl (C=O) groups is 1. The van der Waals surface area contributed by atoms with Crippen molar-refractivity contribution in [3.8, 4) is 6.07 Å². The van der Waals surface area contributed by atoms with Crippen molar-refractivity contribution in [2.45, 2.75) is 31.8 Å². The van der Waals surface area contributed by atoms with Crippen molar-refractivity contribution in [3.63, 3.8) is 0 Å². The number of thioether (sulfide) groups is 1. The first kappa shape index (κ1) is 15.6. The third-order valence-electron chi connectivity index (χ3n) is 2.45. The van der Waals surface area contributed by atoms with Crippen LogP contribution in [0.3, 0.4) is 0 Å². The van der Waals surface area contributed by atoms with Crippen molar-refractivity contribution in [3.05, 3.63) is 35.4 Å². The van der Waals surface area contributed by atoms with Gasteiger partial charge in [-0.05, 0) is 30.5 Å². The lowest BCUT2D eigenvalue weighted by atomic mass is 10.2. The fraction of sp³-hybridized carbons (Fsp3) is 0.467. The fourth-order valence-electron chi connectivity index (χ4n) is 1.39. The van der Waals surface area contributed by atoms with Gasteiger partial charge in [0.2, 0.25) is 0 Å². The van der Waals surface area contributed by atoms with Crippen LogP contribution in [0.1, 0.15) is 31.9 Å². The molecule has 1 aromatic carbocycles. The zero-order valence-electron chi connectivity index (χ0n) is 11.6. The Labute approximate surface area is 119 Å². The van der Waals surface area contributed by atoms with Crippen LogP contribution >= 0.6 is 11.8 Å². The molecule has 0 saturated carbocycles. The van der Waals surface area contributed by atoms with Gasteiger partial charge in [-0.2, -0.15) is 5.26 Å². The molecule has 1 aromatic rings. The zero-order chi connectivity index (χ0) is 14.3. The summed E-state index contributed by atoms with van der Waals surface area (Å²) in [6.07, 6.45) is 0. The van der Waals surface area contributed by atoms with Crippen LogP contribution in [0.25, 0.3) is 0 Å². The van der Waals surface area contributed by atoms with E-state index in [2.05, 4.69) is 6.07 Å². The number of carbonyl (C=O) groups excluding carboxylic acids is 1. The van der Waals surface area contributed by atoms with E-state index in [0.717, 1.165) is 5.56 Å². The quantitative estimate of drug-likeness (QED) is 0.748. The van der Waals surface area contributed by atoms with Crippen molar-refractivity contribution in [2.75, 3.05) is 6.61 Å². The lowest BCUT2D eigenvalue weighted by Gasteiger charge is -2.12. The van der Waals surface area contributed by atoms with Crippen LogP contribution in [0, 0.1) is 17.2 Å². The van der Waals surface area contributed by atoms with Gasteiger partial charge in [0.1, 0.15) is 0 Å². The molecule has 3 nitrogen and oxygen atoms in total. The summed E-state index contributed by atoms with van der Waals surface area (Å²) in [4.78, 5) is 11.7. The number of benzene rings is 1. The maximum Gasteiger partial charge on any atom is 0.318 e. The Balaban J connectivity index is 2.43. The topological polar surface area (TPSA) is 50.1 Å². The van der Waals surface area contributed by atoms with Crippen molar-refractivity contribution in [1.29, 1.82) is 5.26 Å². The number of hydrogen-bond donors (Lipinski definition) is 0. The summed E-state index contributed by atoms with van der Waals surface area (Å²) in [5.41, 5.74) is 1.70. The molecule has 0 heterocycles. The molecule has 19 heavy (non-hydrogen) atoms. The number of nitriles is 1. The molecule has 1 rings (SSSR count). The van der Waals surface area contributed by atoms with Gasteiger partial charge in [0.15, 0.2) is 0 Å². The predicted molar refractivity (Wildman–Crippen MR) is 77.7 cm³/mol. The highest BCUT2D eigenvalue weighted by Crippen LogP contribution is 2.19. The van der Waals surface area contributed by atoms with Crippen LogP contribution in [-0.4, -0.2) is 17.8 Å². The van der Waals surface area contributed by atoms with Crippen LogP contribution in [0.2, 0.25) is 0 Å². The molecule has 0 aliphatic heterocycles. The third-order valence-corrected chi connectivity index (χ3v) is 3.64. The largest absolute Gasteiger partial charge is 0.465 e. The Morgan fingerprint density at radius 3 is 2.79 bits per heavy atom. The molecule has 4 heteroatoms. The molecule has 0 aliphatic carbocycles. The molecule has 0 amide bonds. The second-order valence-electron chi connectivity index (χ2n) is 4.79. The van der Waals surface area contributed by atoms with Gasteiger partial charge < -0.3 is 4.74 Å². The van der Waals surface area contributed by atoms with Gasteiger partial charge in [-0.25, -0.2) is 0 Å². The van der Waals surface area contributed by atoms with Gasteiger partial charge in [-0.3, -0.25) is 4.79 Å². The predicted octanol–water partition coefficient (Wildman–Crippen LogP) is 3.38. The average molecular weight is 277 g/mol. The van der Waals surface area contributed by atoms with E-state index in [1.165, 1.54) is 11.8 Å². The summed E-state index contributed by atoms with van der Waals surface area (Å²) in [5, 5.41) is 8.63. The van der Waals surface area contributed by atoms with E-state index in [-0.39, 0.29) is 11.2 Å². The van der Waals surface area contributed by atoms with Gasteiger partial charge in [0.25, 0.3) is 0 Å². The SMILES string of the molecule is CC(C)COC(=O)C(C)SCc1cccc(C#N)c1. The van der Waals surface area contributed by atoms with Gasteiger partial charge in [0, 0.05) is 5.75 Å². The Bertz CT molecular complexity index is 465. The van der Waals surface area contributed by atoms with E-state index < -0.39 is 0 Å². The first-order valence-electron chi connectivity index (χ1n) is 6.30. The molecule has 1 unspecified atom stereocenters. The van der Waals surface area contributed by atoms with Crippen molar-refractivity contribution < 1.29 is 9.53 Å². The smallest absolute Gasteiger partial charge is 0.318 e. The molecular weight excluding hydrogens is 258 g/mol. The summed E-state index contributed by atoms with van der Waals surface area (Å²) in [5.74, 6) is 0.886. The summed E-state index contributed by atoms with van der Waals surface area (Å²) in [6, 6.07) is 9.54. The Kier molecular flexibility index (Phi) is 6.44. The van der Waals surface area contributed by atoms with Gasteiger partial charge in [0.05, 0.1) is 23.5 Å². The molecule has 0 fully saturated rings. The monoisotopic (exact) mass is 277 g/mol. The minimum atomic E-state index is -0.190. The Hall–Kier alpha value is -1.47. The first-order valence-corrected chi connectivity index (χ1v) is 7.35. The Morgan fingerprint density at radius 2 is 2.16 bits per heavy atom. The molecular formula is C15H19NO2S. The van der Waals surface area contributed by atoms with E-state index in [1.807, 2.05) is 39.0 Å². The van der Waals surface area contributed by atoms with Crippen molar-refractivity contribution >= 4 is 17.7 Å². The molecule has 0 bridgehead atoms. The lowest BCUT2D eigenvalue weighted by molar-refractivity contribution is -0.143. The fourth-order valence-corrected chi connectivity index (χ4v) is 2.21. The normalized spacial score (nSPS) is 11.9. The number of ether oxygens (including phenoxy) is 1. The number of nitrogens with zero attached hydrogens (tertiary/aromatic N) is 1. The van der Waals surface area contributed by atoms with Crippen molar-refractivity contribution in [2.24, 2.45) is 5.92 Å².